The molecule has 22 heavy (non-hydrogen) atoms. The normalized spacial score (nSPS) is 39.6. The molecule has 0 saturated heterocycles. The minimum absolute atomic E-state index is 0.00295. The van der Waals surface area contributed by atoms with Crippen LogP contribution in [0.15, 0.2) is 12.2 Å². The van der Waals surface area contributed by atoms with Crippen LogP contribution in [0.1, 0.15) is 64.7 Å². The van der Waals surface area contributed by atoms with Gasteiger partial charge in [0.25, 0.3) is 0 Å². The van der Waals surface area contributed by atoms with Crippen molar-refractivity contribution in [2.45, 2.75) is 82.3 Å². The number of aliphatic hydroxyl groups excluding tert-OH is 1. The molecule has 0 aromatic carbocycles. The second-order valence-corrected chi connectivity index (χ2v) is 7.22. The SMILES string of the molecule is CC[C@H]1OC(=O)CCCCCCC/C=C\[C@H]2[C@H](O)[C@@H](Cl)C[C@@H]21. The van der Waals surface area contributed by atoms with Crippen molar-refractivity contribution in [3.8, 4) is 0 Å². The number of esters is 1. The summed E-state index contributed by atoms with van der Waals surface area (Å²) < 4.78 is 5.71. The zero-order valence-corrected chi connectivity index (χ0v) is 14.3. The number of cyclic esters (lactones) is 1. The predicted molar refractivity (Wildman–Crippen MR) is 88.9 cm³/mol. The zero-order chi connectivity index (χ0) is 15.9. The summed E-state index contributed by atoms with van der Waals surface area (Å²) in [5.74, 6) is 0.0352. The minimum atomic E-state index is -0.538. The van der Waals surface area contributed by atoms with Crippen LogP contribution < -0.4 is 0 Å². The van der Waals surface area contributed by atoms with Gasteiger partial charge < -0.3 is 9.84 Å². The van der Waals surface area contributed by atoms with Gasteiger partial charge in [-0.1, -0.05) is 38.3 Å². The number of aliphatic hydroxyl groups is 1. The summed E-state index contributed by atoms with van der Waals surface area (Å²) in [4.78, 5) is 12.0. The van der Waals surface area contributed by atoms with Crippen molar-refractivity contribution < 1.29 is 14.6 Å². The van der Waals surface area contributed by atoms with Gasteiger partial charge in [0.2, 0.25) is 0 Å². The molecule has 1 aliphatic carbocycles. The molecule has 0 spiro atoms. The summed E-state index contributed by atoms with van der Waals surface area (Å²) in [6, 6.07) is 0. The highest BCUT2D eigenvalue weighted by molar-refractivity contribution is 6.21. The van der Waals surface area contributed by atoms with Gasteiger partial charge in [0, 0.05) is 18.3 Å². The standard InChI is InChI=1S/C18H29ClO3/c1-2-16-14-12-15(19)18(21)13(14)10-8-6-4-3-5-7-9-11-17(20)22-16/h8,10,13-16,18,21H,2-7,9,11-12H2,1H3/b10-8-/t13-,14+,15+,16-,18+/m1/s1. The highest BCUT2D eigenvalue weighted by atomic mass is 35.5. The third-order valence-electron chi connectivity index (χ3n) is 5.03. The van der Waals surface area contributed by atoms with E-state index < -0.39 is 6.10 Å². The molecule has 0 bridgehead atoms. The number of hydrogen-bond donors (Lipinski definition) is 1. The molecule has 1 aliphatic heterocycles. The molecular weight excluding hydrogens is 300 g/mol. The monoisotopic (exact) mass is 328 g/mol. The van der Waals surface area contributed by atoms with E-state index in [2.05, 4.69) is 12.2 Å². The molecule has 1 N–H and O–H groups in total. The van der Waals surface area contributed by atoms with Crippen molar-refractivity contribution in [2.24, 2.45) is 11.8 Å². The first-order valence-corrected chi connectivity index (χ1v) is 9.25. The van der Waals surface area contributed by atoms with Crippen LogP contribution in [0.5, 0.6) is 0 Å². The molecule has 0 aromatic heterocycles. The number of allylic oxidation sites excluding steroid dienone is 1. The van der Waals surface area contributed by atoms with Crippen molar-refractivity contribution in [3.05, 3.63) is 12.2 Å². The van der Waals surface area contributed by atoms with Gasteiger partial charge >= 0.3 is 5.97 Å². The van der Waals surface area contributed by atoms with Crippen LogP contribution in [0.4, 0.5) is 0 Å². The number of alkyl halides is 1. The molecule has 126 valence electrons. The number of hydrogen-bond acceptors (Lipinski definition) is 3. The lowest BCUT2D eigenvalue weighted by Gasteiger charge is -2.27. The van der Waals surface area contributed by atoms with E-state index in [4.69, 9.17) is 16.3 Å². The largest absolute Gasteiger partial charge is 0.462 e. The maximum Gasteiger partial charge on any atom is 0.306 e. The summed E-state index contributed by atoms with van der Waals surface area (Å²) in [6.45, 7) is 2.04. The first-order valence-electron chi connectivity index (χ1n) is 8.81. The Balaban J connectivity index is 2.12. The number of carbonyl (C=O) groups excluding carboxylic acids is 1. The average Bonchev–Trinajstić information content (AvgIpc) is 2.78. The molecule has 0 aromatic rings. The van der Waals surface area contributed by atoms with Crippen LogP contribution in [0.3, 0.4) is 0 Å². The van der Waals surface area contributed by atoms with E-state index in [9.17, 15) is 9.90 Å². The Labute approximate surface area is 139 Å². The van der Waals surface area contributed by atoms with Gasteiger partial charge in [-0.05, 0) is 32.1 Å². The van der Waals surface area contributed by atoms with Crippen molar-refractivity contribution >= 4 is 17.6 Å². The molecule has 5 atom stereocenters. The maximum absolute atomic E-state index is 12.0. The quantitative estimate of drug-likeness (QED) is 0.445. The summed E-state index contributed by atoms with van der Waals surface area (Å²) in [5, 5.41) is 10.1. The van der Waals surface area contributed by atoms with E-state index in [1.54, 1.807) is 0 Å². The van der Waals surface area contributed by atoms with Gasteiger partial charge in [0.15, 0.2) is 0 Å². The van der Waals surface area contributed by atoms with Gasteiger partial charge in [0.05, 0.1) is 11.5 Å². The van der Waals surface area contributed by atoms with E-state index in [0.717, 1.165) is 25.7 Å². The lowest BCUT2D eigenvalue weighted by molar-refractivity contribution is -0.153. The summed E-state index contributed by atoms with van der Waals surface area (Å²) in [6.07, 6.45) is 12.2. The number of carbonyl (C=O) groups is 1. The van der Waals surface area contributed by atoms with Crippen molar-refractivity contribution in [3.63, 3.8) is 0 Å². The molecule has 1 saturated carbocycles. The molecule has 1 fully saturated rings. The second-order valence-electron chi connectivity index (χ2n) is 6.65. The fraction of sp³-hybridized carbons (Fsp3) is 0.833. The van der Waals surface area contributed by atoms with Gasteiger partial charge in [-0.25, -0.2) is 0 Å². The Kier molecular flexibility index (Phi) is 7.23. The van der Waals surface area contributed by atoms with Crippen LogP contribution in [0.2, 0.25) is 0 Å². The minimum Gasteiger partial charge on any atom is -0.462 e. The molecular formula is C18H29ClO3. The molecule has 1 heterocycles. The predicted octanol–water partition coefficient (Wildman–Crippen LogP) is 4.21. The van der Waals surface area contributed by atoms with Crippen LogP contribution >= 0.6 is 11.6 Å². The Morgan fingerprint density at radius 3 is 2.77 bits per heavy atom. The summed E-state index contributed by atoms with van der Waals surface area (Å²) in [7, 11) is 0. The lowest BCUT2D eigenvalue weighted by atomic mass is 9.87. The lowest BCUT2D eigenvalue weighted by Crippen LogP contribution is -2.31. The molecule has 3 nitrogen and oxygen atoms in total. The first kappa shape index (κ1) is 17.8. The fourth-order valence-corrected chi connectivity index (χ4v) is 4.10. The van der Waals surface area contributed by atoms with Crippen LogP contribution in [0, 0.1) is 11.8 Å². The molecule has 0 radical (unpaired) electrons. The first-order chi connectivity index (χ1) is 10.6. The number of halogens is 1. The summed E-state index contributed by atoms with van der Waals surface area (Å²) >= 11 is 6.28. The average molecular weight is 329 g/mol. The van der Waals surface area contributed by atoms with E-state index in [0.29, 0.717) is 12.8 Å². The van der Waals surface area contributed by atoms with Gasteiger partial charge in [-0.2, -0.15) is 0 Å². The molecule has 2 rings (SSSR count). The van der Waals surface area contributed by atoms with Crippen molar-refractivity contribution in [1.82, 2.24) is 0 Å². The number of rotatable bonds is 1. The van der Waals surface area contributed by atoms with Crippen LogP contribution in [-0.4, -0.2) is 28.7 Å². The van der Waals surface area contributed by atoms with Crippen molar-refractivity contribution in [1.29, 1.82) is 0 Å². The Hall–Kier alpha value is -0.540. The number of fused-ring (bicyclic) bond motifs is 1. The van der Waals surface area contributed by atoms with Gasteiger partial charge in [-0.15, -0.1) is 11.6 Å². The maximum atomic E-state index is 12.0. The highest BCUT2D eigenvalue weighted by Crippen LogP contribution is 2.40. The Morgan fingerprint density at radius 1 is 1.27 bits per heavy atom. The molecule has 0 amide bonds. The molecule has 2 aliphatic rings. The summed E-state index contributed by atoms with van der Waals surface area (Å²) in [5.41, 5.74) is 0. The topological polar surface area (TPSA) is 46.5 Å². The van der Waals surface area contributed by atoms with E-state index in [1.807, 2.05) is 6.92 Å². The third-order valence-corrected chi connectivity index (χ3v) is 5.47. The molecule has 4 heteroatoms. The smallest absolute Gasteiger partial charge is 0.306 e. The Bertz CT molecular complexity index is 383. The fourth-order valence-electron chi connectivity index (χ4n) is 3.72. The van der Waals surface area contributed by atoms with E-state index in [-0.39, 0.29) is 29.3 Å². The van der Waals surface area contributed by atoms with E-state index in [1.165, 1.54) is 19.3 Å². The highest BCUT2D eigenvalue weighted by Gasteiger charge is 2.44. The van der Waals surface area contributed by atoms with Gasteiger partial charge in [-0.3, -0.25) is 4.79 Å². The van der Waals surface area contributed by atoms with Crippen LogP contribution in [-0.2, 0) is 9.53 Å². The van der Waals surface area contributed by atoms with Gasteiger partial charge in [0.1, 0.15) is 6.10 Å². The van der Waals surface area contributed by atoms with Crippen molar-refractivity contribution in [2.75, 3.05) is 0 Å². The van der Waals surface area contributed by atoms with E-state index >= 15 is 0 Å². The van der Waals surface area contributed by atoms with Crippen LogP contribution in [0.25, 0.3) is 0 Å². The Morgan fingerprint density at radius 2 is 2.00 bits per heavy atom. The zero-order valence-electron chi connectivity index (χ0n) is 13.5. The second kappa shape index (κ2) is 8.93. The third kappa shape index (κ3) is 4.73. The number of ether oxygens (including phenoxy) is 1. The molecule has 0 unspecified atom stereocenters.